The van der Waals surface area contributed by atoms with Crippen molar-refractivity contribution in [2.75, 3.05) is 0 Å². The molecule has 24 heavy (non-hydrogen) atoms. The number of benzene rings is 1. The maximum atomic E-state index is 12.3. The van der Waals surface area contributed by atoms with Gasteiger partial charge in [0.05, 0.1) is 0 Å². The number of hydrogen-bond acceptors (Lipinski definition) is 4. The summed E-state index contributed by atoms with van der Waals surface area (Å²) in [5.41, 5.74) is 2.94. The molecule has 0 aliphatic heterocycles. The van der Waals surface area contributed by atoms with Crippen molar-refractivity contribution >= 4 is 10.0 Å². The molecule has 0 aliphatic carbocycles. The van der Waals surface area contributed by atoms with Crippen LogP contribution in [0.4, 0.5) is 0 Å². The highest BCUT2D eigenvalue weighted by Gasteiger charge is 2.18. The number of hydrogen-bond donors (Lipinski definition) is 1. The second-order valence-corrected chi connectivity index (χ2v) is 7.11. The van der Waals surface area contributed by atoms with E-state index in [-0.39, 0.29) is 10.9 Å². The van der Waals surface area contributed by atoms with Crippen LogP contribution in [0.5, 0.6) is 0 Å². The number of pyridine rings is 2. The Balaban J connectivity index is 1.77. The van der Waals surface area contributed by atoms with Gasteiger partial charge in [-0.2, -0.15) is 0 Å². The minimum absolute atomic E-state index is 0.156. The van der Waals surface area contributed by atoms with Crippen LogP contribution in [0.3, 0.4) is 0 Å². The number of aromatic nitrogens is 2. The minimum atomic E-state index is -3.59. The zero-order valence-corrected chi connectivity index (χ0v) is 13.9. The molecule has 0 unspecified atom stereocenters. The molecule has 0 fully saturated rings. The topological polar surface area (TPSA) is 72.0 Å². The summed E-state index contributed by atoms with van der Waals surface area (Å²) in [5.74, 6) is 0. The molecule has 2 aromatic heterocycles. The Kier molecular flexibility index (Phi) is 4.69. The summed E-state index contributed by atoms with van der Waals surface area (Å²) in [6.45, 7) is 1.81. The van der Waals surface area contributed by atoms with Gasteiger partial charge in [-0.1, -0.05) is 30.3 Å². The van der Waals surface area contributed by atoms with E-state index >= 15 is 0 Å². The summed E-state index contributed by atoms with van der Waals surface area (Å²) in [4.78, 5) is 8.11. The van der Waals surface area contributed by atoms with E-state index in [1.165, 1.54) is 12.3 Å². The van der Waals surface area contributed by atoms with Gasteiger partial charge in [0, 0.05) is 30.8 Å². The van der Waals surface area contributed by atoms with Gasteiger partial charge in [0.2, 0.25) is 10.0 Å². The molecule has 1 N–H and O–H groups in total. The maximum absolute atomic E-state index is 12.3. The molecule has 1 atom stereocenters. The van der Waals surface area contributed by atoms with Gasteiger partial charge in [-0.15, -0.1) is 0 Å². The van der Waals surface area contributed by atoms with Gasteiger partial charge in [-0.25, -0.2) is 13.1 Å². The number of rotatable bonds is 5. The summed E-state index contributed by atoms with van der Waals surface area (Å²) in [7, 11) is -3.59. The van der Waals surface area contributed by atoms with Crippen LogP contribution in [0.2, 0.25) is 0 Å². The predicted octanol–water partition coefficient (Wildman–Crippen LogP) is 3.18. The lowest BCUT2D eigenvalue weighted by Gasteiger charge is -2.15. The molecule has 0 saturated carbocycles. The monoisotopic (exact) mass is 339 g/mol. The second-order valence-electron chi connectivity index (χ2n) is 5.40. The summed E-state index contributed by atoms with van der Waals surface area (Å²) < 4.78 is 27.4. The lowest BCUT2D eigenvalue weighted by atomic mass is 10.0. The Hall–Kier alpha value is -2.57. The highest BCUT2D eigenvalue weighted by molar-refractivity contribution is 7.89. The third-order valence-corrected chi connectivity index (χ3v) is 5.21. The fraction of sp³-hybridized carbons (Fsp3) is 0.111. The van der Waals surface area contributed by atoms with E-state index in [4.69, 9.17) is 0 Å². The number of nitrogens with zero attached hydrogens (tertiary/aromatic N) is 2. The molecule has 122 valence electrons. The van der Waals surface area contributed by atoms with Crippen molar-refractivity contribution in [3.8, 4) is 11.1 Å². The number of nitrogens with one attached hydrogen (secondary N) is 1. The molecule has 6 heteroatoms. The first-order valence-corrected chi connectivity index (χ1v) is 8.97. The van der Waals surface area contributed by atoms with Crippen molar-refractivity contribution in [2.24, 2.45) is 0 Å². The molecule has 1 aromatic carbocycles. The molecule has 0 amide bonds. The van der Waals surface area contributed by atoms with Crippen LogP contribution in [-0.2, 0) is 10.0 Å². The Bertz CT molecular complexity index is 896. The average molecular weight is 339 g/mol. The zero-order chi connectivity index (χ0) is 17.0. The SMILES string of the molecule is C[C@H](NS(=O)(=O)c1cccnc1)c1ccc(-c2cccnc2)cc1. The summed E-state index contributed by atoms with van der Waals surface area (Å²) in [5, 5.41) is 0. The lowest BCUT2D eigenvalue weighted by molar-refractivity contribution is 0.566. The van der Waals surface area contributed by atoms with Crippen molar-refractivity contribution in [1.82, 2.24) is 14.7 Å². The summed E-state index contributed by atoms with van der Waals surface area (Å²) >= 11 is 0. The Morgan fingerprint density at radius 1 is 0.875 bits per heavy atom. The molecule has 2 heterocycles. The largest absolute Gasteiger partial charge is 0.264 e. The first kappa shape index (κ1) is 16.3. The van der Waals surface area contributed by atoms with Crippen molar-refractivity contribution < 1.29 is 8.42 Å². The van der Waals surface area contributed by atoms with E-state index in [2.05, 4.69) is 14.7 Å². The molecule has 0 bridgehead atoms. The Morgan fingerprint density at radius 2 is 1.54 bits per heavy atom. The molecule has 0 saturated heterocycles. The minimum Gasteiger partial charge on any atom is -0.264 e. The van der Waals surface area contributed by atoms with E-state index in [1.54, 1.807) is 24.7 Å². The third-order valence-electron chi connectivity index (χ3n) is 3.68. The highest BCUT2D eigenvalue weighted by Crippen LogP contribution is 2.22. The van der Waals surface area contributed by atoms with E-state index in [1.807, 2.05) is 43.3 Å². The smallest absolute Gasteiger partial charge is 0.242 e. The van der Waals surface area contributed by atoms with Gasteiger partial charge in [-0.05, 0) is 41.8 Å². The maximum Gasteiger partial charge on any atom is 0.242 e. The molecular formula is C18H17N3O2S. The van der Waals surface area contributed by atoms with Crippen molar-refractivity contribution in [3.63, 3.8) is 0 Å². The molecule has 3 rings (SSSR count). The first-order chi connectivity index (χ1) is 11.6. The fourth-order valence-electron chi connectivity index (χ4n) is 2.37. The standard InChI is InChI=1S/C18H17N3O2S/c1-14(21-24(22,23)18-5-3-11-20-13-18)15-6-8-16(9-7-15)17-4-2-10-19-12-17/h2-14,21H,1H3/t14-/m0/s1. The van der Waals surface area contributed by atoms with E-state index in [9.17, 15) is 8.42 Å². The second kappa shape index (κ2) is 6.90. The van der Waals surface area contributed by atoms with Gasteiger partial charge in [0.1, 0.15) is 4.90 Å². The first-order valence-electron chi connectivity index (χ1n) is 7.49. The van der Waals surface area contributed by atoms with E-state index < -0.39 is 10.0 Å². The van der Waals surface area contributed by atoms with Crippen LogP contribution in [0.25, 0.3) is 11.1 Å². The zero-order valence-electron chi connectivity index (χ0n) is 13.1. The van der Waals surface area contributed by atoms with Crippen LogP contribution in [-0.4, -0.2) is 18.4 Å². The summed E-state index contributed by atoms with van der Waals surface area (Å²) in [6.07, 6.45) is 6.40. The van der Waals surface area contributed by atoms with Crippen molar-refractivity contribution in [1.29, 1.82) is 0 Å². The van der Waals surface area contributed by atoms with Crippen LogP contribution in [0.1, 0.15) is 18.5 Å². The fourth-order valence-corrected chi connectivity index (χ4v) is 3.57. The predicted molar refractivity (Wildman–Crippen MR) is 92.6 cm³/mol. The highest BCUT2D eigenvalue weighted by atomic mass is 32.2. The van der Waals surface area contributed by atoms with Gasteiger partial charge in [0.25, 0.3) is 0 Å². The van der Waals surface area contributed by atoms with Gasteiger partial charge < -0.3 is 0 Å². The van der Waals surface area contributed by atoms with Crippen LogP contribution < -0.4 is 4.72 Å². The van der Waals surface area contributed by atoms with Gasteiger partial charge in [-0.3, -0.25) is 9.97 Å². The van der Waals surface area contributed by atoms with Crippen LogP contribution in [0.15, 0.2) is 78.2 Å². The Morgan fingerprint density at radius 3 is 2.12 bits per heavy atom. The molecule has 0 radical (unpaired) electrons. The van der Waals surface area contributed by atoms with Gasteiger partial charge in [0.15, 0.2) is 0 Å². The van der Waals surface area contributed by atoms with E-state index in [0.717, 1.165) is 16.7 Å². The summed E-state index contributed by atoms with van der Waals surface area (Å²) in [6, 6.07) is 14.4. The average Bonchev–Trinajstić information content (AvgIpc) is 2.63. The molecule has 3 aromatic rings. The van der Waals surface area contributed by atoms with Crippen LogP contribution in [0, 0.1) is 0 Å². The van der Waals surface area contributed by atoms with Crippen molar-refractivity contribution in [3.05, 3.63) is 78.9 Å². The normalized spacial score (nSPS) is 12.7. The number of sulfonamides is 1. The molecular weight excluding hydrogens is 322 g/mol. The molecule has 5 nitrogen and oxygen atoms in total. The van der Waals surface area contributed by atoms with Crippen molar-refractivity contribution in [2.45, 2.75) is 17.9 Å². The Labute approximate surface area is 141 Å². The van der Waals surface area contributed by atoms with Crippen LogP contribution >= 0.6 is 0 Å². The quantitative estimate of drug-likeness (QED) is 0.775. The molecule has 0 aliphatic rings. The third kappa shape index (κ3) is 3.67. The molecule has 0 spiro atoms. The van der Waals surface area contributed by atoms with Gasteiger partial charge >= 0.3 is 0 Å². The lowest BCUT2D eigenvalue weighted by Crippen LogP contribution is -2.26. The van der Waals surface area contributed by atoms with E-state index in [0.29, 0.717) is 0 Å².